The van der Waals surface area contributed by atoms with Crippen LogP contribution in [0, 0.1) is 6.92 Å². The lowest BCUT2D eigenvalue weighted by Crippen LogP contribution is -2.29. The third-order valence-electron chi connectivity index (χ3n) is 2.02. The summed E-state index contributed by atoms with van der Waals surface area (Å²) >= 11 is 3.71. The van der Waals surface area contributed by atoms with E-state index in [-0.39, 0.29) is 0 Å². The average Bonchev–Trinajstić information content (AvgIpc) is 2.53. The number of hydrogen-bond acceptors (Lipinski definition) is 4. The predicted molar refractivity (Wildman–Crippen MR) is 66.7 cm³/mol. The second kappa shape index (κ2) is 5.75. The lowest BCUT2D eigenvalue weighted by atomic mass is 10.2. The van der Waals surface area contributed by atoms with Crippen LogP contribution in [0.2, 0.25) is 0 Å². The molecule has 14 heavy (non-hydrogen) atoms. The molecule has 0 saturated carbocycles. The van der Waals surface area contributed by atoms with E-state index in [2.05, 4.69) is 37.6 Å². The number of hydrazine groups is 1. The number of rotatable bonds is 5. The molecule has 0 aliphatic carbocycles. The molecule has 0 radical (unpaired) electrons. The van der Waals surface area contributed by atoms with E-state index in [1.165, 1.54) is 10.4 Å². The number of hydrogen-bond donors (Lipinski definition) is 2. The van der Waals surface area contributed by atoms with Crippen LogP contribution in [-0.4, -0.2) is 11.0 Å². The molecule has 80 valence electrons. The molecule has 0 spiro atoms. The molecule has 0 fully saturated rings. The number of nitrogens with one attached hydrogen (secondary N) is 1. The van der Waals surface area contributed by atoms with Gasteiger partial charge < -0.3 is 0 Å². The van der Waals surface area contributed by atoms with Crippen molar-refractivity contribution in [1.82, 2.24) is 5.43 Å². The third kappa shape index (κ3) is 3.28. The Bertz CT molecular complexity index is 271. The van der Waals surface area contributed by atoms with Crippen molar-refractivity contribution in [1.29, 1.82) is 0 Å². The summed E-state index contributed by atoms with van der Waals surface area (Å²) in [6, 6.07) is 2.44. The van der Waals surface area contributed by atoms with Gasteiger partial charge >= 0.3 is 0 Å². The highest BCUT2D eigenvalue weighted by Crippen LogP contribution is 2.27. The highest BCUT2D eigenvalue weighted by Gasteiger charge is 2.13. The maximum absolute atomic E-state index is 5.56. The number of aryl methyl sites for hydroxylation is 1. The molecule has 0 saturated heterocycles. The van der Waals surface area contributed by atoms with E-state index in [1.54, 1.807) is 11.3 Å². The van der Waals surface area contributed by atoms with Gasteiger partial charge in [0.15, 0.2) is 0 Å². The quantitative estimate of drug-likeness (QED) is 0.603. The van der Waals surface area contributed by atoms with Gasteiger partial charge in [0.2, 0.25) is 0 Å². The van der Waals surface area contributed by atoms with Crippen molar-refractivity contribution in [3.05, 3.63) is 21.9 Å². The van der Waals surface area contributed by atoms with Gasteiger partial charge in [-0.1, -0.05) is 13.8 Å². The normalized spacial score (nSPS) is 13.5. The molecule has 1 atom stereocenters. The molecule has 1 heterocycles. The Labute approximate surface area is 94.2 Å². The van der Waals surface area contributed by atoms with Crippen molar-refractivity contribution in [3.8, 4) is 0 Å². The van der Waals surface area contributed by atoms with E-state index in [9.17, 15) is 0 Å². The van der Waals surface area contributed by atoms with Gasteiger partial charge in [-0.2, -0.15) is 11.8 Å². The Hall–Kier alpha value is -0.0300. The summed E-state index contributed by atoms with van der Waals surface area (Å²) in [5.41, 5.74) is 4.23. The molecule has 1 aromatic heterocycles. The number of thioether (sulfide) groups is 1. The van der Waals surface area contributed by atoms with Crippen LogP contribution in [0.1, 0.15) is 30.3 Å². The van der Waals surface area contributed by atoms with Crippen molar-refractivity contribution in [2.75, 3.05) is 5.75 Å². The lowest BCUT2D eigenvalue weighted by Gasteiger charge is -2.16. The fraction of sp³-hybridized carbons (Fsp3) is 0.600. The van der Waals surface area contributed by atoms with Gasteiger partial charge in [-0.05, 0) is 29.2 Å². The minimum atomic E-state index is 0.294. The number of thiophene rings is 1. The molecule has 4 heteroatoms. The van der Waals surface area contributed by atoms with Crippen molar-refractivity contribution in [3.63, 3.8) is 0 Å². The van der Waals surface area contributed by atoms with Crippen molar-refractivity contribution in [2.24, 2.45) is 5.84 Å². The van der Waals surface area contributed by atoms with E-state index in [0.717, 1.165) is 5.75 Å². The zero-order valence-corrected chi connectivity index (χ0v) is 10.5. The Morgan fingerprint density at radius 2 is 2.29 bits per heavy atom. The zero-order chi connectivity index (χ0) is 10.6. The fourth-order valence-corrected chi connectivity index (χ4v) is 3.16. The zero-order valence-electron chi connectivity index (χ0n) is 8.91. The van der Waals surface area contributed by atoms with E-state index < -0.39 is 0 Å². The highest BCUT2D eigenvalue weighted by atomic mass is 32.2. The monoisotopic (exact) mass is 230 g/mol. The SMILES string of the molecule is Cc1ccsc1C(CSC(C)C)NN. The molecule has 0 aromatic carbocycles. The first-order valence-electron chi connectivity index (χ1n) is 4.77. The molecule has 1 aromatic rings. The second-order valence-corrected chi connectivity index (χ2v) is 6.13. The Kier molecular flexibility index (Phi) is 4.95. The molecule has 0 aliphatic heterocycles. The summed E-state index contributed by atoms with van der Waals surface area (Å²) in [6.45, 7) is 6.55. The Morgan fingerprint density at radius 3 is 2.71 bits per heavy atom. The van der Waals surface area contributed by atoms with Crippen molar-refractivity contribution >= 4 is 23.1 Å². The first kappa shape index (κ1) is 12.0. The van der Waals surface area contributed by atoms with E-state index in [4.69, 9.17) is 5.84 Å². The molecule has 0 bridgehead atoms. The third-order valence-corrected chi connectivity index (χ3v) is 4.34. The minimum Gasteiger partial charge on any atom is -0.271 e. The summed E-state index contributed by atoms with van der Waals surface area (Å²) in [5.74, 6) is 6.60. The average molecular weight is 230 g/mol. The predicted octanol–water partition coefficient (Wildman–Crippen LogP) is 2.70. The Morgan fingerprint density at radius 1 is 1.57 bits per heavy atom. The summed E-state index contributed by atoms with van der Waals surface area (Å²) in [7, 11) is 0. The molecule has 0 amide bonds. The van der Waals surface area contributed by atoms with Gasteiger partial charge in [-0.3, -0.25) is 11.3 Å². The van der Waals surface area contributed by atoms with Gasteiger partial charge in [0.1, 0.15) is 0 Å². The lowest BCUT2D eigenvalue weighted by molar-refractivity contribution is 0.617. The van der Waals surface area contributed by atoms with Crippen LogP contribution in [0.4, 0.5) is 0 Å². The number of nitrogens with two attached hydrogens (primary N) is 1. The van der Waals surface area contributed by atoms with Gasteiger partial charge in [0.25, 0.3) is 0 Å². The molecule has 0 aliphatic rings. The fourth-order valence-electron chi connectivity index (χ4n) is 1.23. The maximum atomic E-state index is 5.56. The van der Waals surface area contributed by atoms with Gasteiger partial charge in [-0.15, -0.1) is 11.3 Å². The van der Waals surface area contributed by atoms with Crippen LogP contribution >= 0.6 is 23.1 Å². The van der Waals surface area contributed by atoms with Gasteiger partial charge in [-0.25, -0.2) is 0 Å². The molecule has 1 rings (SSSR count). The van der Waals surface area contributed by atoms with Crippen LogP contribution in [0.3, 0.4) is 0 Å². The van der Waals surface area contributed by atoms with Crippen LogP contribution in [-0.2, 0) is 0 Å². The molecule has 2 nitrogen and oxygen atoms in total. The summed E-state index contributed by atoms with van der Waals surface area (Å²) in [6.07, 6.45) is 0. The largest absolute Gasteiger partial charge is 0.271 e. The van der Waals surface area contributed by atoms with Gasteiger partial charge in [0.05, 0.1) is 6.04 Å². The van der Waals surface area contributed by atoms with Crippen molar-refractivity contribution < 1.29 is 0 Å². The topological polar surface area (TPSA) is 38.0 Å². The maximum Gasteiger partial charge on any atom is 0.0646 e. The molecule has 3 N–H and O–H groups in total. The van der Waals surface area contributed by atoms with E-state index in [1.807, 2.05) is 11.8 Å². The highest BCUT2D eigenvalue weighted by molar-refractivity contribution is 7.99. The van der Waals surface area contributed by atoms with Crippen LogP contribution in [0.5, 0.6) is 0 Å². The summed E-state index contributed by atoms with van der Waals surface area (Å²) < 4.78 is 0. The van der Waals surface area contributed by atoms with Crippen LogP contribution in [0.15, 0.2) is 11.4 Å². The molecular formula is C10H18N2S2. The van der Waals surface area contributed by atoms with Gasteiger partial charge in [0, 0.05) is 10.6 Å². The standard InChI is InChI=1S/C10H18N2S2/c1-7(2)14-6-9(12-11)10-8(3)4-5-13-10/h4-5,7,9,12H,6,11H2,1-3H3. The van der Waals surface area contributed by atoms with Crippen molar-refractivity contribution in [2.45, 2.75) is 32.1 Å². The Balaban J connectivity index is 2.58. The molecular weight excluding hydrogens is 212 g/mol. The van der Waals surface area contributed by atoms with Crippen LogP contribution < -0.4 is 11.3 Å². The first-order valence-corrected chi connectivity index (χ1v) is 6.69. The molecule has 1 unspecified atom stereocenters. The second-order valence-electron chi connectivity index (χ2n) is 3.57. The van der Waals surface area contributed by atoms with Crippen LogP contribution in [0.25, 0.3) is 0 Å². The summed E-state index contributed by atoms with van der Waals surface area (Å²) in [5, 5.41) is 2.78. The minimum absolute atomic E-state index is 0.294. The first-order chi connectivity index (χ1) is 6.65. The van der Waals surface area contributed by atoms with E-state index >= 15 is 0 Å². The smallest absolute Gasteiger partial charge is 0.0646 e. The van der Waals surface area contributed by atoms with E-state index in [0.29, 0.717) is 11.3 Å². The summed E-state index contributed by atoms with van der Waals surface area (Å²) in [4.78, 5) is 1.36.